The monoisotopic (exact) mass is 427 g/mol. The number of hydrogen-bond donors (Lipinski definition) is 0. The minimum absolute atomic E-state index is 0.0942. The Hall–Kier alpha value is -3.06. The Kier molecular flexibility index (Phi) is 5.90. The Morgan fingerprint density at radius 2 is 1.83 bits per heavy atom. The summed E-state index contributed by atoms with van der Waals surface area (Å²) in [7, 11) is 3.17. The zero-order chi connectivity index (χ0) is 21.1. The van der Waals surface area contributed by atoms with E-state index in [-0.39, 0.29) is 11.8 Å². The number of halogens is 1. The van der Waals surface area contributed by atoms with Gasteiger partial charge in [0.25, 0.3) is 0 Å². The molecule has 30 heavy (non-hydrogen) atoms. The van der Waals surface area contributed by atoms with Gasteiger partial charge in [-0.15, -0.1) is 0 Å². The summed E-state index contributed by atoms with van der Waals surface area (Å²) in [5.74, 6) is 2.16. The zero-order valence-electron chi connectivity index (χ0n) is 16.8. The quantitative estimate of drug-likeness (QED) is 0.567. The normalized spacial score (nSPS) is 16.2. The molecule has 1 aromatic heterocycles. The van der Waals surface area contributed by atoms with Crippen LogP contribution in [0.25, 0.3) is 11.4 Å². The topological polar surface area (TPSA) is 77.7 Å². The maximum Gasteiger partial charge on any atom is 0.232 e. The van der Waals surface area contributed by atoms with Gasteiger partial charge in [0.1, 0.15) is 11.5 Å². The van der Waals surface area contributed by atoms with Gasteiger partial charge in [-0.1, -0.05) is 28.9 Å². The highest BCUT2D eigenvalue weighted by molar-refractivity contribution is 6.30. The molecule has 7 nitrogen and oxygen atoms in total. The van der Waals surface area contributed by atoms with E-state index in [1.165, 1.54) is 0 Å². The molecular weight excluding hydrogens is 406 g/mol. The molecule has 0 N–H and O–H groups in total. The van der Waals surface area contributed by atoms with Gasteiger partial charge in [-0.3, -0.25) is 4.79 Å². The number of carbonyl (C=O) groups is 1. The smallest absolute Gasteiger partial charge is 0.232 e. The summed E-state index contributed by atoms with van der Waals surface area (Å²) >= 11 is 5.93. The molecule has 4 rings (SSSR count). The molecule has 0 saturated carbocycles. The second-order valence-electron chi connectivity index (χ2n) is 7.17. The molecule has 1 amide bonds. The van der Waals surface area contributed by atoms with Crippen molar-refractivity contribution in [1.29, 1.82) is 0 Å². The van der Waals surface area contributed by atoms with Crippen LogP contribution >= 0.6 is 11.6 Å². The van der Waals surface area contributed by atoms with Gasteiger partial charge in [-0.2, -0.15) is 4.98 Å². The third-order valence-electron chi connectivity index (χ3n) is 5.20. The predicted octanol–water partition coefficient (Wildman–Crippen LogP) is 3.97. The van der Waals surface area contributed by atoms with Crippen molar-refractivity contribution in [1.82, 2.24) is 15.0 Å². The first-order valence-electron chi connectivity index (χ1n) is 9.65. The highest BCUT2D eigenvalue weighted by atomic mass is 35.5. The van der Waals surface area contributed by atoms with Crippen LogP contribution in [-0.4, -0.2) is 48.3 Å². The Morgan fingerprint density at radius 1 is 1.13 bits per heavy atom. The number of amides is 1. The lowest BCUT2D eigenvalue weighted by Crippen LogP contribution is -2.27. The van der Waals surface area contributed by atoms with Gasteiger partial charge in [0.2, 0.25) is 17.6 Å². The zero-order valence-corrected chi connectivity index (χ0v) is 17.6. The molecule has 3 aromatic rings. The lowest BCUT2D eigenvalue weighted by atomic mass is 10.1. The fourth-order valence-electron chi connectivity index (χ4n) is 3.52. The van der Waals surface area contributed by atoms with E-state index < -0.39 is 0 Å². The molecular formula is C22H22ClN3O4. The first-order chi connectivity index (χ1) is 14.6. The van der Waals surface area contributed by atoms with Crippen molar-refractivity contribution in [2.45, 2.75) is 18.8 Å². The molecule has 2 aromatic carbocycles. The van der Waals surface area contributed by atoms with Crippen LogP contribution in [0.3, 0.4) is 0 Å². The fraction of sp³-hybridized carbons (Fsp3) is 0.318. The molecule has 1 atom stereocenters. The molecule has 2 heterocycles. The lowest BCUT2D eigenvalue weighted by molar-refractivity contribution is -0.127. The Labute approximate surface area is 179 Å². The first kappa shape index (κ1) is 20.2. The highest BCUT2D eigenvalue weighted by Gasteiger charge is 2.34. The minimum Gasteiger partial charge on any atom is -0.497 e. The molecule has 0 radical (unpaired) electrons. The third-order valence-corrected chi connectivity index (χ3v) is 5.45. The summed E-state index contributed by atoms with van der Waals surface area (Å²) in [6.07, 6.45) is 1.14. The SMILES string of the molecule is COc1cc(OC)cc(-c2noc(C3CC(=O)N(CCc4ccc(Cl)cc4)C3)n2)c1. The summed E-state index contributed by atoms with van der Waals surface area (Å²) < 4.78 is 16.1. The molecule has 8 heteroatoms. The Morgan fingerprint density at radius 3 is 2.50 bits per heavy atom. The number of benzene rings is 2. The van der Waals surface area contributed by atoms with Crippen LogP contribution in [0.4, 0.5) is 0 Å². The lowest BCUT2D eigenvalue weighted by Gasteiger charge is -2.15. The summed E-state index contributed by atoms with van der Waals surface area (Å²) in [6, 6.07) is 13.1. The van der Waals surface area contributed by atoms with Crippen molar-refractivity contribution in [3.05, 3.63) is 58.9 Å². The summed E-state index contributed by atoms with van der Waals surface area (Å²) in [5, 5.41) is 4.80. The van der Waals surface area contributed by atoms with Gasteiger partial charge in [-0.05, 0) is 36.2 Å². The average molecular weight is 428 g/mol. The van der Waals surface area contributed by atoms with Gasteiger partial charge in [0.05, 0.1) is 20.1 Å². The molecule has 1 saturated heterocycles. The predicted molar refractivity (Wildman–Crippen MR) is 112 cm³/mol. The molecule has 156 valence electrons. The van der Waals surface area contributed by atoms with Crippen LogP contribution < -0.4 is 9.47 Å². The van der Waals surface area contributed by atoms with Gasteiger partial charge in [-0.25, -0.2) is 0 Å². The van der Waals surface area contributed by atoms with E-state index in [4.69, 9.17) is 25.6 Å². The van der Waals surface area contributed by atoms with Gasteiger partial charge >= 0.3 is 0 Å². The van der Waals surface area contributed by atoms with E-state index in [2.05, 4.69) is 10.1 Å². The van der Waals surface area contributed by atoms with Crippen LogP contribution in [0.2, 0.25) is 5.02 Å². The van der Waals surface area contributed by atoms with Crippen molar-refractivity contribution in [3.63, 3.8) is 0 Å². The van der Waals surface area contributed by atoms with Crippen molar-refractivity contribution in [2.75, 3.05) is 27.3 Å². The number of carbonyl (C=O) groups excluding carboxylic acids is 1. The summed E-state index contributed by atoms with van der Waals surface area (Å²) in [4.78, 5) is 18.8. The average Bonchev–Trinajstić information content (AvgIpc) is 3.40. The molecule has 1 aliphatic rings. The van der Waals surface area contributed by atoms with E-state index in [9.17, 15) is 4.79 Å². The van der Waals surface area contributed by atoms with Crippen LogP contribution in [0.15, 0.2) is 47.0 Å². The fourth-order valence-corrected chi connectivity index (χ4v) is 3.65. The number of ether oxygens (including phenoxy) is 2. The van der Waals surface area contributed by atoms with Gasteiger partial charge in [0, 0.05) is 36.2 Å². The third kappa shape index (κ3) is 4.41. The van der Waals surface area contributed by atoms with E-state index in [1.807, 2.05) is 41.3 Å². The molecule has 0 aliphatic carbocycles. The van der Waals surface area contributed by atoms with E-state index in [0.717, 1.165) is 17.5 Å². The van der Waals surface area contributed by atoms with E-state index in [0.29, 0.717) is 47.7 Å². The van der Waals surface area contributed by atoms with Gasteiger partial charge < -0.3 is 18.9 Å². The van der Waals surface area contributed by atoms with Gasteiger partial charge in [0.15, 0.2) is 0 Å². The molecule has 1 aliphatic heterocycles. The van der Waals surface area contributed by atoms with Crippen LogP contribution in [0.1, 0.15) is 23.8 Å². The molecule has 0 bridgehead atoms. The van der Waals surface area contributed by atoms with Crippen molar-refractivity contribution >= 4 is 17.5 Å². The van der Waals surface area contributed by atoms with Crippen molar-refractivity contribution in [3.8, 4) is 22.9 Å². The number of methoxy groups -OCH3 is 2. The largest absolute Gasteiger partial charge is 0.497 e. The summed E-state index contributed by atoms with van der Waals surface area (Å²) in [5.41, 5.74) is 1.87. The van der Waals surface area contributed by atoms with E-state index in [1.54, 1.807) is 20.3 Å². The number of aromatic nitrogens is 2. The number of likely N-dealkylation sites (tertiary alicyclic amines) is 1. The second kappa shape index (κ2) is 8.75. The second-order valence-corrected chi connectivity index (χ2v) is 7.61. The summed E-state index contributed by atoms with van der Waals surface area (Å²) in [6.45, 7) is 1.21. The molecule has 0 spiro atoms. The molecule has 1 unspecified atom stereocenters. The minimum atomic E-state index is -0.114. The van der Waals surface area contributed by atoms with E-state index >= 15 is 0 Å². The van der Waals surface area contributed by atoms with Crippen LogP contribution in [-0.2, 0) is 11.2 Å². The maximum atomic E-state index is 12.5. The number of rotatable bonds is 7. The van der Waals surface area contributed by atoms with Crippen LogP contribution in [0, 0.1) is 0 Å². The highest BCUT2D eigenvalue weighted by Crippen LogP contribution is 2.31. The van der Waals surface area contributed by atoms with Crippen LogP contribution in [0.5, 0.6) is 11.5 Å². The van der Waals surface area contributed by atoms with Crippen molar-refractivity contribution in [2.24, 2.45) is 0 Å². The Bertz CT molecular complexity index is 1010. The Balaban J connectivity index is 1.44. The first-order valence-corrected chi connectivity index (χ1v) is 10.0. The molecule has 1 fully saturated rings. The van der Waals surface area contributed by atoms with Crippen molar-refractivity contribution < 1.29 is 18.8 Å². The maximum absolute atomic E-state index is 12.5. The number of hydrogen-bond acceptors (Lipinski definition) is 6. The standard InChI is InChI=1S/C22H22ClN3O4/c1-28-18-9-15(10-19(12-18)29-2)21-24-22(30-25-21)16-11-20(27)26(13-16)8-7-14-3-5-17(23)6-4-14/h3-6,9-10,12,16H,7-8,11,13H2,1-2H3. The number of nitrogens with zero attached hydrogens (tertiary/aromatic N) is 3.